The van der Waals surface area contributed by atoms with Crippen LogP contribution in [0.5, 0.6) is 5.75 Å². The molecular weight excluding hydrogens is 346 g/mol. The van der Waals surface area contributed by atoms with E-state index in [0.29, 0.717) is 15.8 Å². The van der Waals surface area contributed by atoms with Gasteiger partial charge in [-0.15, -0.1) is 0 Å². The summed E-state index contributed by atoms with van der Waals surface area (Å²) in [6.07, 6.45) is -1.02. The van der Waals surface area contributed by atoms with E-state index in [4.69, 9.17) is 21.2 Å². The van der Waals surface area contributed by atoms with E-state index in [1.807, 2.05) is 0 Å². The van der Waals surface area contributed by atoms with Crippen molar-refractivity contribution in [2.75, 3.05) is 0 Å². The van der Waals surface area contributed by atoms with Crippen molar-refractivity contribution >= 4 is 29.4 Å². The molecule has 128 valence electrons. The normalized spacial score (nSPS) is 14.3. The number of nitrogens with zero attached hydrogens (tertiary/aromatic N) is 1. The molecular formula is C18H14ClNO5. The lowest BCUT2D eigenvalue weighted by molar-refractivity contribution is -0.176. The fourth-order valence-corrected chi connectivity index (χ4v) is 2.47. The molecule has 1 aliphatic heterocycles. The van der Waals surface area contributed by atoms with Crippen LogP contribution in [-0.4, -0.2) is 29.0 Å². The first kappa shape index (κ1) is 17.0. The van der Waals surface area contributed by atoms with Crippen LogP contribution in [0, 0.1) is 6.92 Å². The standard InChI is InChI=1S/C18H14ClNO5/c1-10-9-12(7-8-15(10)19)24-11(2)18(23)25-20-16(21)13-5-3-4-6-14(13)17(20)22/h3-9,11H,1-2H3. The number of hydrogen-bond donors (Lipinski definition) is 0. The molecule has 0 radical (unpaired) electrons. The molecule has 3 rings (SSSR count). The Kier molecular flexibility index (Phi) is 4.46. The van der Waals surface area contributed by atoms with Crippen molar-refractivity contribution in [1.82, 2.24) is 5.06 Å². The van der Waals surface area contributed by atoms with E-state index in [1.165, 1.54) is 19.1 Å². The molecule has 0 spiro atoms. The van der Waals surface area contributed by atoms with Gasteiger partial charge in [0, 0.05) is 5.02 Å². The van der Waals surface area contributed by atoms with Crippen LogP contribution in [-0.2, 0) is 9.63 Å². The quantitative estimate of drug-likeness (QED) is 0.784. The minimum absolute atomic E-state index is 0.196. The SMILES string of the molecule is Cc1cc(OC(C)C(=O)ON2C(=O)c3ccccc3C2=O)ccc1Cl. The van der Waals surface area contributed by atoms with Crippen LogP contribution in [0.25, 0.3) is 0 Å². The summed E-state index contributed by atoms with van der Waals surface area (Å²) in [7, 11) is 0. The van der Waals surface area contributed by atoms with E-state index in [0.717, 1.165) is 5.56 Å². The van der Waals surface area contributed by atoms with Crippen molar-refractivity contribution < 1.29 is 24.0 Å². The van der Waals surface area contributed by atoms with Crippen LogP contribution in [0.1, 0.15) is 33.2 Å². The third-order valence-electron chi connectivity index (χ3n) is 3.71. The van der Waals surface area contributed by atoms with Crippen LogP contribution >= 0.6 is 11.6 Å². The maximum atomic E-state index is 12.2. The summed E-state index contributed by atoms with van der Waals surface area (Å²) in [5.74, 6) is -1.79. The van der Waals surface area contributed by atoms with Crippen LogP contribution < -0.4 is 4.74 Å². The lowest BCUT2D eigenvalue weighted by atomic mass is 10.1. The molecule has 1 heterocycles. The summed E-state index contributed by atoms with van der Waals surface area (Å²) in [5, 5.41) is 1.04. The largest absolute Gasteiger partial charge is 0.479 e. The van der Waals surface area contributed by atoms with Crippen molar-refractivity contribution in [1.29, 1.82) is 0 Å². The van der Waals surface area contributed by atoms with Crippen LogP contribution in [0.3, 0.4) is 0 Å². The number of hydrogen-bond acceptors (Lipinski definition) is 5. The fourth-order valence-electron chi connectivity index (χ4n) is 2.36. The Hall–Kier alpha value is -2.86. The maximum absolute atomic E-state index is 12.2. The lowest BCUT2D eigenvalue weighted by Crippen LogP contribution is -2.37. The van der Waals surface area contributed by atoms with E-state index < -0.39 is 23.9 Å². The first-order valence-corrected chi connectivity index (χ1v) is 7.88. The second kappa shape index (κ2) is 6.57. The Labute approximate surface area is 148 Å². The molecule has 6 nitrogen and oxygen atoms in total. The van der Waals surface area contributed by atoms with Gasteiger partial charge in [0.2, 0.25) is 0 Å². The van der Waals surface area contributed by atoms with Gasteiger partial charge in [0.1, 0.15) is 5.75 Å². The summed E-state index contributed by atoms with van der Waals surface area (Å²) in [6, 6.07) is 11.2. The monoisotopic (exact) mass is 359 g/mol. The van der Waals surface area contributed by atoms with Gasteiger partial charge in [-0.05, 0) is 49.7 Å². The Morgan fingerprint density at radius 3 is 2.24 bits per heavy atom. The fraction of sp³-hybridized carbons (Fsp3) is 0.167. The van der Waals surface area contributed by atoms with Gasteiger partial charge in [0.05, 0.1) is 11.1 Å². The van der Waals surface area contributed by atoms with E-state index in [9.17, 15) is 14.4 Å². The number of benzene rings is 2. The van der Waals surface area contributed by atoms with Crippen LogP contribution in [0.15, 0.2) is 42.5 Å². The topological polar surface area (TPSA) is 72.9 Å². The number of ether oxygens (including phenoxy) is 1. The van der Waals surface area contributed by atoms with E-state index >= 15 is 0 Å². The van der Waals surface area contributed by atoms with Crippen molar-refractivity contribution in [3.05, 3.63) is 64.2 Å². The van der Waals surface area contributed by atoms with Crippen LogP contribution in [0.4, 0.5) is 0 Å². The molecule has 7 heteroatoms. The molecule has 2 aromatic carbocycles. The highest BCUT2D eigenvalue weighted by atomic mass is 35.5. The van der Waals surface area contributed by atoms with Crippen molar-refractivity contribution in [2.45, 2.75) is 20.0 Å². The first-order valence-electron chi connectivity index (χ1n) is 7.51. The molecule has 1 aliphatic rings. The molecule has 0 saturated heterocycles. The third-order valence-corrected chi connectivity index (χ3v) is 4.14. The predicted molar refractivity (Wildman–Crippen MR) is 89.3 cm³/mol. The number of fused-ring (bicyclic) bond motifs is 1. The average molecular weight is 360 g/mol. The maximum Gasteiger partial charge on any atom is 0.373 e. The first-order chi connectivity index (χ1) is 11.9. The molecule has 2 aromatic rings. The van der Waals surface area contributed by atoms with Gasteiger partial charge in [0.25, 0.3) is 11.8 Å². The second-order valence-corrected chi connectivity index (χ2v) is 5.94. The van der Waals surface area contributed by atoms with Crippen molar-refractivity contribution in [3.63, 3.8) is 0 Å². The molecule has 1 unspecified atom stereocenters. The number of carbonyl (C=O) groups excluding carboxylic acids is 3. The Balaban J connectivity index is 1.69. The minimum atomic E-state index is -1.02. The molecule has 0 fully saturated rings. The molecule has 0 aromatic heterocycles. The van der Waals surface area contributed by atoms with E-state index in [1.54, 1.807) is 37.3 Å². The van der Waals surface area contributed by atoms with E-state index in [2.05, 4.69) is 0 Å². The van der Waals surface area contributed by atoms with Gasteiger partial charge < -0.3 is 9.57 Å². The summed E-state index contributed by atoms with van der Waals surface area (Å²) in [4.78, 5) is 41.5. The number of halogens is 1. The van der Waals surface area contributed by atoms with Crippen LogP contribution in [0.2, 0.25) is 5.02 Å². The number of amides is 2. The highest BCUT2D eigenvalue weighted by molar-refractivity contribution is 6.31. The third kappa shape index (κ3) is 3.21. The lowest BCUT2D eigenvalue weighted by Gasteiger charge is -2.17. The predicted octanol–water partition coefficient (Wildman–Crippen LogP) is 3.17. The summed E-state index contributed by atoms with van der Waals surface area (Å²) >= 11 is 5.94. The number of carbonyl (C=O) groups is 3. The highest BCUT2D eigenvalue weighted by Gasteiger charge is 2.39. The Morgan fingerprint density at radius 1 is 1.08 bits per heavy atom. The summed E-state index contributed by atoms with van der Waals surface area (Å²) in [5.41, 5.74) is 1.18. The Morgan fingerprint density at radius 2 is 1.68 bits per heavy atom. The number of rotatable bonds is 4. The zero-order valence-electron chi connectivity index (χ0n) is 13.5. The second-order valence-electron chi connectivity index (χ2n) is 5.53. The van der Waals surface area contributed by atoms with Gasteiger partial charge in [-0.25, -0.2) is 4.79 Å². The highest BCUT2D eigenvalue weighted by Crippen LogP contribution is 2.24. The van der Waals surface area contributed by atoms with Gasteiger partial charge in [-0.1, -0.05) is 28.8 Å². The van der Waals surface area contributed by atoms with E-state index in [-0.39, 0.29) is 11.1 Å². The molecule has 0 N–H and O–H groups in total. The summed E-state index contributed by atoms with van der Waals surface area (Å²) in [6.45, 7) is 3.27. The zero-order valence-corrected chi connectivity index (χ0v) is 14.2. The zero-order chi connectivity index (χ0) is 18.1. The molecule has 2 amide bonds. The summed E-state index contributed by atoms with van der Waals surface area (Å²) < 4.78 is 5.49. The molecule has 0 bridgehead atoms. The van der Waals surface area contributed by atoms with Crippen molar-refractivity contribution in [3.8, 4) is 5.75 Å². The molecule has 0 saturated carbocycles. The molecule has 0 aliphatic carbocycles. The smallest absolute Gasteiger partial charge is 0.373 e. The van der Waals surface area contributed by atoms with Gasteiger partial charge in [0.15, 0.2) is 6.10 Å². The van der Waals surface area contributed by atoms with Gasteiger partial charge in [-0.2, -0.15) is 0 Å². The number of hydroxylamine groups is 2. The average Bonchev–Trinajstić information content (AvgIpc) is 2.83. The van der Waals surface area contributed by atoms with Gasteiger partial charge in [-0.3, -0.25) is 9.59 Å². The number of imide groups is 1. The van der Waals surface area contributed by atoms with Crippen molar-refractivity contribution in [2.24, 2.45) is 0 Å². The minimum Gasteiger partial charge on any atom is -0.479 e. The number of aryl methyl sites for hydroxylation is 1. The Bertz CT molecular complexity index is 845. The molecule has 25 heavy (non-hydrogen) atoms. The molecule has 1 atom stereocenters. The van der Waals surface area contributed by atoms with Gasteiger partial charge >= 0.3 is 5.97 Å².